The van der Waals surface area contributed by atoms with Gasteiger partial charge in [0, 0.05) is 42.6 Å². The molecule has 1 amide bonds. The molecular weight excluding hydrogens is 288 g/mol. The lowest BCUT2D eigenvalue weighted by molar-refractivity contribution is 0.0741. The van der Waals surface area contributed by atoms with E-state index in [1.165, 1.54) is 0 Å². The smallest absolute Gasteiger partial charge is 0.274 e. The molecule has 3 rings (SSSR count). The molecule has 2 aromatic rings. The molecule has 21 heavy (non-hydrogen) atoms. The van der Waals surface area contributed by atoms with E-state index in [-0.39, 0.29) is 5.91 Å². The highest BCUT2D eigenvalue weighted by Crippen LogP contribution is 2.19. The number of piperazine rings is 1. The van der Waals surface area contributed by atoms with E-state index in [1.54, 1.807) is 6.07 Å². The summed E-state index contributed by atoms with van der Waals surface area (Å²) in [6.45, 7) is 4.93. The second-order valence-electron chi connectivity index (χ2n) is 5.19. The van der Waals surface area contributed by atoms with E-state index in [2.05, 4.69) is 15.1 Å². The number of nitrogens with one attached hydrogen (secondary N) is 1. The molecular formula is C15H17ClN4O. The van der Waals surface area contributed by atoms with E-state index < -0.39 is 0 Å². The van der Waals surface area contributed by atoms with Gasteiger partial charge in [-0.25, -0.2) is 0 Å². The molecule has 1 aromatic heterocycles. The Labute approximate surface area is 128 Å². The van der Waals surface area contributed by atoms with Crippen LogP contribution < -0.4 is 4.90 Å². The number of carbonyl (C=O) groups is 1. The minimum atomic E-state index is -0.00453. The van der Waals surface area contributed by atoms with Crippen LogP contribution in [-0.2, 0) is 0 Å². The van der Waals surface area contributed by atoms with E-state index in [0.717, 1.165) is 29.5 Å². The highest BCUT2D eigenvalue weighted by molar-refractivity contribution is 6.30. The Hall–Kier alpha value is -2.01. The van der Waals surface area contributed by atoms with Crippen LogP contribution >= 0.6 is 11.6 Å². The fraction of sp³-hybridized carbons (Fsp3) is 0.333. The predicted octanol–water partition coefficient (Wildman–Crippen LogP) is 2.33. The topological polar surface area (TPSA) is 52.2 Å². The van der Waals surface area contributed by atoms with Crippen LogP contribution in [0.15, 0.2) is 30.3 Å². The number of H-pyrrole nitrogens is 1. The van der Waals surface area contributed by atoms with Crippen LogP contribution in [0.3, 0.4) is 0 Å². The van der Waals surface area contributed by atoms with Crippen molar-refractivity contribution in [3.05, 3.63) is 46.7 Å². The van der Waals surface area contributed by atoms with Gasteiger partial charge in [-0.05, 0) is 37.3 Å². The van der Waals surface area contributed by atoms with Crippen molar-refractivity contribution < 1.29 is 4.79 Å². The van der Waals surface area contributed by atoms with E-state index in [4.69, 9.17) is 11.6 Å². The molecule has 5 nitrogen and oxygen atoms in total. The molecule has 0 aliphatic carbocycles. The number of aryl methyl sites for hydroxylation is 1. The maximum atomic E-state index is 12.3. The molecule has 6 heteroatoms. The number of aromatic nitrogens is 2. The number of carbonyl (C=O) groups excluding carboxylic acids is 1. The number of hydrogen-bond acceptors (Lipinski definition) is 3. The standard InChI is InChI=1S/C15H17ClN4O/c1-11-10-14(18-17-11)15(21)20-8-6-19(7-9-20)13-4-2-12(16)3-5-13/h2-5,10H,6-9H2,1H3,(H,17,18). The Kier molecular flexibility index (Phi) is 3.84. The molecule has 1 saturated heterocycles. The van der Waals surface area contributed by atoms with Gasteiger partial charge in [-0.2, -0.15) is 5.10 Å². The fourth-order valence-electron chi connectivity index (χ4n) is 2.51. The van der Waals surface area contributed by atoms with E-state index in [1.807, 2.05) is 36.1 Å². The molecule has 0 saturated carbocycles. The Morgan fingerprint density at radius 3 is 2.43 bits per heavy atom. The van der Waals surface area contributed by atoms with Crippen LogP contribution in [0, 0.1) is 6.92 Å². The highest BCUT2D eigenvalue weighted by atomic mass is 35.5. The van der Waals surface area contributed by atoms with E-state index in [0.29, 0.717) is 18.8 Å². The Balaban J connectivity index is 1.62. The summed E-state index contributed by atoms with van der Waals surface area (Å²) in [6.07, 6.45) is 0. The Morgan fingerprint density at radius 1 is 1.19 bits per heavy atom. The zero-order valence-electron chi connectivity index (χ0n) is 11.8. The minimum absolute atomic E-state index is 0.00453. The highest BCUT2D eigenvalue weighted by Gasteiger charge is 2.23. The van der Waals surface area contributed by atoms with Crippen molar-refractivity contribution >= 4 is 23.2 Å². The number of halogens is 1. The lowest BCUT2D eigenvalue weighted by Gasteiger charge is -2.35. The third kappa shape index (κ3) is 3.03. The van der Waals surface area contributed by atoms with Crippen molar-refractivity contribution in [3.63, 3.8) is 0 Å². The first-order chi connectivity index (χ1) is 10.1. The first kappa shape index (κ1) is 13.9. The molecule has 2 heterocycles. The zero-order chi connectivity index (χ0) is 14.8. The normalized spacial score (nSPS) is 15.3. The lowest BCUT2D eigenvalue weighted by Crippen LogP contribution is -2.48. The summed E-state index contributed by atoms with van der Waals surface area (Å²) in [4.78, 5) is 16.4. The van der Waals surface area contributed by atoms with Crippen molar-refractivity contribution in [2.24, 2.45) is 0 Å². The van der Waals surface area contributed by atoms with Gasteiger partial charge < -0.3 is 9.80 Å². The van der Waals surface area contributed by atoms with Gasteiger partial charge in [-0.1, -0.05) is 11.6 Å². The van der Waals surface area contributed by atoms with E-state index in [9.17, 15) is 4.79 Å². The number of hydrogen-bond donors (Lipinski definition) is 1. The summed E-state index contributed by atoms with van der Waals surface area (Å²) in [5, 5.41) is 7.58. The number of nitrogens with zero attached hydrogens (tertiary/aromatic N) is 3. The molecule has 1 aliphatic heterocycles. The van der Waals surface area contributed by atoms with Crippen LogP contribution in [0.4, 0.5) is 5.69 Å². The van der Waals surface area contributed by atoms with Gasteiger partial charge in [0.05, 0.1) is 0 Å². The Bertz CT molecular complexity index is 629. The van der Waals surface area contributed by atoms with Crippen LogP contribution in [0.25, 0.3) is 0 Å². The Morgan fingerprint density at radius 2 is 1.86 bits per heavy atom. The quantitative estimate of drug-likeness (QED) is 0.926. The van der Waals surface area contributed by atoms with Gasteiger partial charge in [0.15, 0.2) is 0 Å². The molecule has 0 unspecified atom stereocenters. The first-order valence-electron chi connectivity index (χ1n) is 6.95. The molecule has 0 atom stereocenters. The zero-order valence-corrected chi connectivity index (χ0v) is 12.6. The van der Waals surface area contributed by atoms with Crippen LogP contribution in [0.2, 0.25) is 5.02 Å². The van der Waals surface area contributed by atoms with Gasteiger partial charge in [-0.15, -0.1) is 0 Å². The number of benzene rings is 1. The van der Waals surface area contributed by atoms with Crippen molar-refractivity contribution in [2.45, 2.75) is 6.92 Å². The molecule has 1 aromatic carbocycles. The number of rotatable bonds is 2. The van der Waals surface area contributed by atoms with Gasteiger partial charge in [0.25, 0.3) is 5.91 Å². The molecule has 1 N–H and O–H groups in total. The predicted molar refractivity (Wildman–Crippen MR) is 82.9 cm³/mol. The summed E-state index contributed by atoms with van der Waals surface area (Å²) in [5.74, 6) is -0.00453. The third-order valence-electron chi connectivity index (χ3n) is 3.68. The summed E-state index contributed by atoms with van der Waals surface area (Å²) in [6, 6.07) is 9.59. The SMILES string of the molecule is Cc1cc(C(=O)N2CCN(c3ccc(Cl)cc3)CC2)n[nH]1. The van der Waals surface area contributed by atoms with Crippen LogP contribution in [0.1, 0.15) is 16.2 Å². The third-order valence-corrected chi connectivity index (χ3v) is 3.94. The summed E-state index contributed by atoms with van der Waals surface area (Å²) >= 11 is 5.90. The fourth-order valence-corrected chi connectivity index (χ4v) is 2.64. The van der Waals surface area contributed by atoms with E-state index >= 15 is 0 Å². The summed E-state index contributed by atoms with van der Waals surface area (Å²) in [7, 11) is 0. The van der Waals surface area contributed by atoms with Crippen LogP contribution in [0.5, 0.6) is 0 Å². The van der Waals surface area contributed by atoms with Crippen molar-refractivity contribution in [2.75, 3.05) is 31.1 Å². The van der Waals surface area contributed by atoms with Crippen molar-refractivity contribution in [3.8, 4) is 0 Å². The average Bonchev–Trinajstić information content (AvgIpc) is 2.94. The molecule has 1 aliphatic rings. The maximum Gasteiger partial charge on any atom is 0.274 e. The summed E-state index contributed by atoms with van der Waals surface area (Å²) in [5.41, 5.74) is 2.53. The first-order valence-corrected chi connectivity index (χ1v) is 7.33. The maximum absolute atomic E-state index is 12.3. The molecule has 0 spiro atoms. The summed E-state index contributed by atoms with van der Waals surface area (Å²) < 4.78 is 0. The monoisotopic (exact) mass is 304 g/mol. The average molecular weight is 305 g/mol. The number of amides is 1. The number of anilines is 1. The van der Waals surface area contributed by atoms with Gasteiger partial charge in [-0.3, -0.25) is 9.89 Å². The minimum Gasteiger partial charge on any atom is -0.368 e. The van der Waals surface area contributed by atoms with Gasteiger partial charge in [0.1, 0.15) is 5.69 Å². The molecule has 1 fully saturated rings. The molecule has 110 valence electrons. The van der Waals surface area contributed by atoms with Crippen molar-refractivity contribution in [1.29, 1.82) is 0 Å². The second-order valence-corrected chi connectivity index (χ2v) is 5.63. The van der Waals surface area contributed by atoms with Crippen molar-refractivity contribution in [1.82, 2.24) is 15.1 Å². The largest absolute Gasteiger partial charge is 0.368 e. The lowest BCUT2D eigenvalue weighted by atomic mass is 10.2. The van der Waals surface area contributed by atoms with Gasteiger partial charge >= 0.3 is 0 Å². The molecule has 0 bridgehead atoms. The van der Waals surface area contributed by atoms with Crippen LogP contribution in [-0.4, -0.2) is 47.2 Å². The van der Waals surface area contributed by atoms with Gasteiger partial charge in [0.2, 0.25) is 0 Å². The second kappa shape index (κ2) is 5.77. The number of aromatic amines is 1. The molecule has 0 radical (unpaired) electrons.